The van der Waals surface area contributed by atoms with Crippen LogP contribution in [0.2, 0.25) is 5.15 Å². The van der Waals surface area contributed by atoms with Gasteiger partial charge in [0.2, 0.25) is 0 Å². The molecule has 0 saturated heterocycles. The molecule has 1 heterocycles. The average Bonchev–Trinajstić information content (AvgIpc) is 2.20. The Morgan fingerprint density at radius 2 is 1.94 bits per heavy atom. The first-order valence-electron chi connectivity index (χ1n) is 5.07. The van der Waals surface area contributed by atoms with Gasteiger partial charge in [-0.1, -0.05) is 25.4 Å². The van der Waals surface area contributed by atoms with Gasteiger partial charge in [0.1, 0.15) is 18.4 Å². The molecule has 0 aliphatic carbocycles. The van der Waals surface area contributed by atoms with E-state index < -0.39 is 12.8 Å². The Labute approximate surface area is 121 Å². The molecule has 1 rings (SSSR count). The molecule has 0 N–H and O–H groups in total. The molecular weight excluding hydrogens is 383 g/mol. The minimum Gasteiger partial charge on any atom is -0.364 e. The zero-order chi connectivity index (χ0) is 13.9. The highest BCUT2D eigenvalue weighted by Gasteiger charge is 2.27. The van der Waals surface area contributed by atoms with Gasteiger partial charge in [0.25, 0.3) is 0 Å². The second-order valence-corrected chi connectivity index (χ2v) is 5.33. The Bertz CT molecular complexity index is 426. The largest absolute Gasteiger partial charge is 0.411 e. The maximum Gasteiger partial charge on any atom is 0.411 e. The third kappa shape index (κ3) is 4.85. The van der Waals surface area contributed by atoms with Crippen LogP contribution in [0, 0.1) is 3.57 Å². The fourth-order valence-corrected chi connectivity index (χ4v) is 2.24. The lowest BCUT2D eigenvalue weighted by Crippen LogP contribution is -2.17. The molecule has 18 heavy (non-hydrogen) atoms. The summed E-state index contributed by atoms with van der Waals surface area (Å²) in [5, 5.41) is 0.236. The van der Waals surface area contributed by atoms with Crippen molar-refractivity contribution in [1.29, 1.82) is 0 Å². The maximum absolute atomic E-state index is 11.9. The van der Waals surface area contributed by atoms with Crippen LogP contribution in [0.15, 0.2) is 0 Å². The van der Waals surface area contributed by atoms with Crippen LogP contribution in [0.5, 0.6) is 0 Å². The van der Waals surface area contributed by atoms with E-state index in [1.807, 2.05) is 36.4 Å². The molecule has 0 radical (unpaired) electrons. The van der Waals surface area contributed by atoms with Gasteiger partial charge in [0, 0.05) is 0 Å². The van der Waals surface area contributed by atoms with Crippen molar-refractivity contribution in [2.75, 3.05) is 6.61 Å². The predicted molar refractivity (Wildman–Crippen MR) is 69.6 cm³/mol. The maximum atomic E-state index is 11.9. The minimum atomic E-state index is -4.35. The molecule has 0 aromatic carbocycles. The molecule has 1 aromatic heterocycles. The van der Waals surface area contributed by atoms with E-state index in [0.717, 1.165) is 0 Å². The van der Waals surface area contributed by atoms with Gasteiger partial charge >= 0.3 is 6.18 Å². The van der Waals surface area contributed by atoms with Crippen LogP contribution in [0.25, 0.3) is 0 Å². The Hall–Kier alpha value is -0.150. The van der Waals surface area contributed by atoms with Crippen molar-refractivity contribution in [1.82, 2.24) is 9.97 Å². The summed E-state index contributed by atoms with van der Waals surface area (Å²) < 4.78 is 41.0. The van der Waals surface area contributed by atoms with Crippen molar-refractivity contribution < 1.29 is 17.9 Å². The van der Waals surface area contributed by atoms with E-state index in [1.165, 1.54) is 0 Å². The fourth-order valence-electron chi connectivity index (χ4n) is 1.19. The summed E-state index contributed by atoms with van der Waals surface area (Å²) in [4.78, 5) is 8.05. The van der Waals surface area contributed by atoms with Crippen molar-refractivity contribution in [2.45, 2.75) is 32.5 Å². The molecule has 0 saturated carbocycles. The van der Waals surface area contributed by atoms with Gasteiger partial charge in [0.15, 0.2) is 5.82 Å². The van der Waals surface area contributed by atoms with Gasteiger partial charge in [-0.05, 0) is 28.5 Å². The molecule has 3 nitrogen and oxygen atoms in total. The molecule has 102 valence electrons. The van der Waals surface area contributed by atoms with E-state index in [-0.39, 0.29) is 23.5 Å². The number of ether oxygens (including phenoxy) is 1. The van der Waals surface area contributed by atoms with Crippen LogP contribution in [0.4, 0.5) is 13.2 Å². The molecule has 0 amide bonds. The molecule has 1 aromatic rings. The molecule has 0 aliphatic rings. The Morgan fingerprint density at radius 3 is 2.44 bits per heavy atom. The summed E-state index contributed by atoms with van der Waals surface area (Å²) in [5.74, 6) is 0.270. The zero-order valence-corrected chi connectivity index (χ0v) is 12.6. The normalized spacial score (nSPS) is 12.2. The van der Waals surface area contributed by atoms with E-state index in [4.69, 9.17) is 11.6 Å². The lowest BCUT2D eigenvalue weighted by Gasteiger charge is -2.11. The van der Waals surface area contributed by atoms with Crippen molar-refractivity contribution in [2.24, 2.45) is 0 Å². The topological polar surface area (TPSA) is 35.0 Å². The third-order valence-electron chi connectivity index (χ3n) is 1.93. The lowest BCUT2D eigenvalue weighted by molar-refractivity contribution is -0.177. The third-order valence-corrected chi connectivity index (χ3v) is 3.58. The minimum absolute atomic E-state index is 0.110. The van der Waals surface area contributed by atoms with Crippen molar-refractivity contribution in [3.63, 3.8) is 0 Å². The first-order valence-corrected chi connectivity index (χ1v) is 6.52. The van der Waals surface area contributed by atoms with Gasteiger partial charge in [0.05, 0.1) is 9.26 Å². The van der Waals surface area contributed by atoms with E-state index >= 15 is 0 Å². The van der Waals surface area contributed by atoms with Crippen LogP contribution >= 0.6 is 34.2 Å². The molecule has 0 atom stereocenters. The number of hydrogen-bond acceptors (Lipinski definition) is 3. The number of hydrogen-bond donors (Lipinski definition) is 0. The van der Waals surface area contributed by atoms with Gasteiger partial charge in [-0.2, -0.15) is 13.2 Å². The van der Waals surface area contributed by atoms with Gasteiger partial charge in [-0.25, -0.2) is 9.97 Å². The fraction of sp³-hybridized carbons (Fsp3) is 0.600. The zero-order valence-electron chi connectivity index (χ0n) is 9.68. The standard InChI is InChI=1S/C10H11ClF3IN2O/c1-5(2)8-7(15)9(11)17-6(16-8)3-18-4-10(12,13)14/h5H,3-4H2,1-2H3. The summed E-state index contributed by atoms with van der Waals surface area (Å²) in [5.41, 5.74) is 0.709. The van der Waals surface area contributed by atoms with Gasteiger partial charge in [-0.15, -0.1) is 0 Å². The van der Waals surface area contributed by atoms with E-state index in [0.29, 0.717) is 9.26 Å². The highest BCUT2D eigenvalue weighted by atomic mass is 127. The average molecular weight is 395 g/mol. The van der Waals surface area contributed by atoms with Crippen LogP contribution in [-0.4, -0.2) is 22.8 Å². The number of aromatic nitrogens is 2. The van der Waals surface area contributed by atoms with E-state index in [2.05, 4.69) is 14.7 Å². The van der Waals surface area contributed by atoms with E-state index in [9.17, 15) is 13.2 Å². The highest BCUT2D eigenvalue weighted by molar-refractivity contribution is 14.1. The van der Waals surface area contributed by atoms with Crippen LogP contribution in [0.1, 0.15) is 31.3 Å². The first kappa shape index (κ1) is 15.9. The molecule has 0 spiro atoms. The van der Waals surface area contributed by atoms with Gasteiger partial charge in [-0.3, -0.25) is 0 Å². The number of alkyl halides is 3. The Balaban J connectivity index is 2.78. The summed E-state index contributed by atoms with van der Waals surface area (Å²) in [7, 11) is 0. The van der Waals surface area contributed by atoms with Gasteiger partial charge < -0.3 is 4.74 Å². The van der Waals surface area contributed by atoms with Crippen molar-refractivity contribution in [3.05, 3.63) is 20.2 Å². The second-order valence-electron chi connectivity index (χ2n) is 3.89. The molecule has 0 fully saturated rings. The number of nitrogens with zero attached hydrogens (tertiary/aromatic N) is 2. The summed E-state index contributed by atoms with van der Waals surface area (Å²) in [6.45, 7) is 2.20. The Kier molecular flexibility index (Phi) is 5.60. The first-order chi connectivity index (χ1) is 8.20. The van der Waals surface area contributed by atoms with Crippen LogP contribution < -0.4 is 0 Å². The molecule has 0 bridgehead atoms. The highest BCUT2D eigenvalue weighted by Crippen LogP contribution is 2.25. The molecule has 8 heteroatoms. The van der Waals surface area contributed by atoms with Crippen LogP contribution in [-0.2, 0) is 11.3 Å². The van der Waals surface area contributed by atoms with E-state index in [1.54, 1.807) is 0 Å². The molecular formula is C10H11ClF3IN2O. The monoisotopic (exact) mass is 394 g/mol. The number of rotatable bonds is 4. The lowest BCUT2D eigenvalue weighted by atomic mass is 10.1. The van der Waals surface area contributed by atoms with Crippen molar-refractivity contribution in [3.8, 4) is 0 Å². The predicted octanol–water partition coefficient (Wildman–Crippen LogP) is 3.94. The summed E-state index contributed by atoms with van der Waals surface area (Å²) in [6, 6.07) is 0. The second kappa shape index (κ2) is 6.33. The molecule has 0 unspecified atom stereocenters. The Morgan fingerprint density at radius 1 is 1.33 bits per heavy atom. The SMILES string of the molecule is CC(C)c1nc(COCC(F)(F)F)nc(Cl)c1I. The number of halogens is 5. The van der Waals surface area contributed by atoms with Crippen molar-refractivity contribution >= 4 is 34.2 Å². The summed E-state index contributed by atoms with van der Waals surface area (Å²) >= 11 is 7.91. The molecule has 0 aliphatic heterocycles. The quantitative estimate of drug-likeness (QED) is 0.573. The summed E-state index contributed by atoms with van der Waals surface area (Å²) in [6.07, 6.45) is -4.35. The van der Waals surface area contributed by atoms with Crippen LogP contribution in [0.3, 0.4) is 0 Å². The smallest absolute Gasteiger partial charge is 0.364 e.